The summed E-state index contributed by atoms with van der Waals surface area (Å²) in [6.45, 7) is 3.90. The molecule has 2 amide bonds. The maximum absolute atomic E-state index is 12.5. The van der Waals surface area contributed by atoms with Crippen molar-refractivity contribution in [3.8, 4) is 5.75 Å². The summed E-state index contributed by atoms with van der Waals surface area (Å²) in [7, 11) is 0. The molecule has 1 aromatic carbocycles. The third-order valence-corrected chi connectivity index (χ3v) is 4.70. The lowest BCUT2D eigenvalue weighted by molar-refractivity contribution is -0.131. The number of nitrogens with zero attached hydrogens (tertiary/aromatic N) is 2. The Morgan fingerprint density at radius 3 is 2.56 bits per heavy atom. The zero-order chi connectivity index (χ0) is 19.1. The lowest BCUT2D eigenvalue weighted by Crippen LogP contribution is -2.47. The third-order valence-electron chi connectivity index (χ3n) is 4.70. The molecule has 3 rings (SSSR count). The van der Waals surface area contributed by atoms with Crippen molar-refractivity contribution in [2.45, 2.75) is 32.2 Å². The summed E-state index contributed by atoms with van der Waals surface area (Å²) in [4.78, 5) is 30.6. The van der Waals surface area contributed by atoms with Crippen LogP contribution in [0.5, 0.6) is 5.75 Å². The Kier molecular flexibility index (Phi) is 6.41. The van der Waals surface area contributed by atoms with Crippen LogP contribution in [0.15, 0.2) is 48.8 Å². The van der Waals surface area contributed by atoms with Crippen LogP contribution >= 0.6 is 0 Å². The van der Waals surface area contributed by atoms with E-state index in [-0.39, 0.29) is 17.9 Å². The molecule has 27 heavy (non-hydrogen) atoms. The highest BCUT2D eigenvalue weighted by molar-refractivity contribution is 5.94. The highest BCUT2D eigenvalue weighted by Gasteiger charge is 2.24. The van der Waals surface area contributed by atoms with Gasteiger partial charge in [0.15, 0.2) is 0 Å². The Hall–Kier alpha value is -2.89. The van der Waals surface area contributed by atoms with Gasteiger partial charge in [0.25, 0.3) is 5.91 Å². The van der Waals surface area contributed by atoms with Crippen molar-refractivity contribution < 1.29 is 14.3 Å². The molecule has 6 nitrogen and oxygen atoms in total. The van der Waals surface area contributed by atoms with Crippen molar-refractivity contribution in [2.24, 2.45) is 0 Å². The average Bonchev–Trinajstić information content (AvgIpc) is 2.71. The van der Waals surface area contributed by atoms with Crippen LogP contribution < -0.4 is 10.1 Å². The topological polar surface area (TPSA) is 71.5 Å². The number of pyridine rings is 1. The van der Waals surface area contributed by atoms with Gasteiger partial charge in [0, 0.05) is 31.5 Å². The molecule has 1 fully saturated rings. The van der Waals surface area contributed by atoms with E-state index in [0.29, 0.717) is 31.7 Å². The van der Waals surface area contributed by atoms with E-state index in [1.54, 1.807) is 24.5 Å². The van der Waals surface area contributed by atoms with Crippen molar-refractivity contribution in [1.82, 2.24) is 15.2 Å². The van der Waals surface area contributed by atoms with Crippen molar-refractivity contribution in [3.05, 3.63) is 59.9 Å². The molecule has 0 bridgehead atoms. The summed E-state index contributed by atoms with van der Waals surface area (Å²) in [5.74, 6) is 0.831. The highest BCUT2D eigenvalue weighted by Crippen LogP contribution is 2.16. The van der Waals surface area contributed by atoms with Crippen LogP contribution in [0.3, 0.4) is 0 Å². The first-order chi connectivity index (χ1) is 13.2. The maximum Gasteiger partial charge on any atom is 0.253 e. The van der Waals surface area contributed by atoms with Crippen LogP contribution in [0.25, 0.3) is 0 Å². The molecular formula is C21H25N3O3. The third kappa shape index (κ3) is 5.29. The predicted molar refractivity (Wildman–Crippen MR) is 103 cm³/mol. The van der Waals surface area contributed by atoms with Gasteiger partial charge in [-0.3, -0.25) is 14.6 Å². The lowest BCUT2D eigenvalue weighted by Gasteiger charge is -2.32. The molecule has 0 aliphatic carbocycles. The summed E-state index contributed by atoms with van der Waals surface area (Å²) in [6.07, 6.45) is 5.12. The van der Waals surface area contributed by atoms with E-state index in [9.17, 15) is 9.59 Å². The molecule has 1 aliphatic rings. The van der Waals surface area contributed by atoms with Crippen molar-refractivity contribution in [3.63, 3.8) is 0 Å². The molecular weight excluding hydrogens is 342 g/mol. The number of benzene rings is 1. The van der Waals surface area contributed by atoms with E-state index in [1.807, 2.05) is 36.1 Å². The van der Waals surface area contributed by atoms with Gasteiger partial charge in [-0.05, 0) is 49.6 Å². The van der Waals surface area contributed by atoms with E-state index in [1.165, 1.54) is 0 Å². The molecule has 2 heterocycles. The molecule has 1 aliphatic heterocycles. The fourth-order valence-corrected chi connectivity index (χ4v) is 3.20. The predicted octanol–water partition coefficient (Wildman–Crippen LogP) is 2.44. The van der Waals surface area contributed by atoms with Crippen LogP contribution in [-0.4, -0.2) is 47.4 Å². The molecule has 0 spiro atoms. The Morgan fingerprint density at radius 1 is 1.19 bits per heavy atom. The van der Waals surface area contributed by atoms with Gasteiger partial charge in [-0.2, -0.15) is 0 Å². The molecule has 1 N–H and O–H groups in total. The first kappa shape index (κ1) is 18.9. The monoisotopic (exact) mass is 367 g/mol. The summed E-state index contributed by atoms with van der Waals surface area (Å²) < 4.78 is 5.42. The van der Waals surface area contributed by atoms with Gasteiger partial charge < -0.3 is 15.0 Å². The lowest BCUT2D eigenvalue weighted by atomic mass is 10.0. The second-order valence-corrected chi connectivity index (χ2v) is 6.62. The number of hydrogen-bond donors (Lipinski definition) is 1. The molecule has 6 heteroatoms. The van der Waals surface area contributed by atoms with Crippen LogP contribution in [0.1, 0.15) is 35.7 Å². The number of amides is 2. The molecule has 2 aromatic rings. The van der Waals surface area contributed by atoms with Gasteiger partial charge in [-0.1, -0.05) is 12.1 Å². The molecule has 142 valence electrons. The minimum Gasteiger partial charge on any atom is -0.494 e. The molecule has 0 unspecified atom stereocenters. The second kappa shape index (κ2) is 9.16. The number of carbonyl (C=O) groups is 2. The zero-order valence-electron chi connectivity index (χ0n) is 15.6. The normalized spacial score (nSPS) is 14.6. The van der Waals surface area contributed by atoms with Gasteiger partial charge in [0.2, 0.25) is 5.91 Å². The summed E-state index contributed by atoms with van der Waals surface area (Å²) >= 11 is 0. The molecule has 0 saturated carbocycles. The number of ether oxygens (including phenoxy) is 1. The Balaban J connectivity index is 1.45. The van der Waals surface area contributed by atoms with Gasteiger partial charge in [-0.15, -0.1) is 0 Å². The summed E-state index contributed by atoms with van der Waals surface area (Å²) in [5, 5.41) is 3.03. The standard InChI is InChI=1S/C21H25N3O3/c1-2-27-19-7-5-16(6-8-19)14-20(25)24-12-9-18(10-13-24)23-21(26)17-4-3-11-22-15-17/h3-8,11,15,18H,2,9-10,12-14H2,1H3,(H,23,26). The van der Waals surface area contributed by atoms with E-state index < -0.39 is 0 Å². The number of rotatable bonds is 6. The largest absolute Gasteiger partial charge is 0.494 e. The first-order valence-corrected chi connectivity index (χ1v) is 9.36. The fourth-order valence-electron chi connectivity index (χ4n) is 3.20. The molecule has 1 aromatic heterocycles. The van der Waals surface area contributed by atoms with Crippen LogP contribution in [0.4, 0.5) is 0 Å². The Bertz CT molecular complexity index is 754. The molecule has 1 saturated heterocycles. The molecule has 0 atom stereocenters. The maximum atomic E-state index is 12.5. The number of nitrogens with one attached hydrogen (secondary N) is 1. The number of carbonyl (C=O) groups excluding carboxylic acids is 2. The zero-order valence-corrected chi connectivity index (χ0v) is 15.6. The van der Waals surface area contributed by atoms with E-state index in [0.717, 1.165) is 24.2 Å². The van der Waals surface area contributed by atoms with Gasteiger partial charge in [-0.25, -0.2) is 0 Å². The summed E-state index contributed by atoms with van der Waals surface area (Å²) in [5.41, 5.74) is 1.54. The minimum atomic E-state index is -0.109. The number of hydrogen-bond acceptors (Lipinski definition) is 4. The average molecular weight is 367 g/mol. The van der Waals surface area contributed by atoms with E-state index in [2.05, 4.69) is 10.3 Å². The van der Waals surface area contributed by atoms with E-state index >= 15 is 0 Å². The smallest absolute Gasteiger partial charge is 0.253 e. The van der Waals surface area contributed by atoms with E-state index in [4.69, 9.17) is 4.74 Å². The minimum absolute atomic E-state index is 0.0900. The van der Waals surface area contributed by atoms with Crippen molar-refractivity contribution in [1.29, 1.82) is 0 Å². The number of piperidine rings is 1. The first-order valence-electron chi connectivity index (χ1n) is 9.36. The number of likely N-dealkylation sites (tertiary alicyclic amines) is 1. The molecule has 0 radical (unpaired) electrons. The van der Waals surface area contributed by atoms with Gasteiger partial charge >= 0.3 is 0 Å². The highest BCUT2D eigenvalue weighted by atomic mass is 16.5. The van der Waals surface area contributed by atoms with Crippen LogP contribution in [-0.2, 0) is 11.2 Å². The summed E-state index contributed by atoms with van der Waals surface area (Å²) in [6, 6.07) is 11.2. The van der Waals surface area contributed by atoms with Gasteiger partial charge in [0.1, 0.15) is 5.75 Å². The number of aromatic nitrogens is 1. The van der Waals surface area contributed by atoms with Crippen LogP contribution in [0, 0.1) is 0 Å². The quantitative estimate of drug-likeness (QED) is 0.851. The van der Waals surface area contributed by atoms with Crippen LogP contribution in [0.2, 0.25) is 0 Å². The Morgan fingerprint density at radius 2 is 1.93 bits per heavy atom. The van der Waals surface area contributed by atoms with Crippen molar-refractivity contribution >= 4 is 11.8 Å². The second-order valence-electron chi connectivity index (χ2n) is 6.62. The van der Waals surface area contributed by atoms with Gasteiger partial charge in [0.05, 0.1) is 18.6 Å². The SMILES string of the molecule is CCOc1ccc(CC(=O)N2CCC(NC(=O)c3cccnc3)CC2)cc1. The van der Waals surface area contributed by atoms with Crippen molar-refractivity contribution in [2.75, 3.05) is 19.7 Å². The fraction of sp³-hybridized carbons (Fsp3) is 0.381. The Labute approximate surface area is 159 Å².